The lowest BCUT2D eigenvalue weighted by atomic mass is 10.1. The van der Waals surface area contributed by atoms with E-state index in [4.69, 9.17) is 4.74 Å². The third-order valence-corrected chi connectivity index (χ3v) is 3.22. The third kappa shape index (κ3) is 4.07. The Labute approximate surface area is 127 Å². The molecule has 2 nitrogen and oxygen atoms in total. The van der Waals surface area contributed by atoms with Gasteiger partial charge in [-0.15, -0.1) is 0 Å². The Morgan fingerprint density at radius 1 is 1.20 bits per heavy atom. The van der Waals surface area contributed by atoms with Crippen molar-refractivity contribution in [3.8, 4) is 5.75 Å². The van der Waals surface area contributed by atoms with Crippen LogP contribution in [0.5, 0.6) is 5.75 Å². The summed E-state index contributed by atoms with van der Waals surface area (Å²) in [6.45, 7) is 2.55. The number of hydrogen-bond donors (Lipinski definition) is 0. The Kier molecular flexibility index (Phi) is 5.13. The smallest absolute Gasteiger partial charge is 0.185 e. The second kappa shape index (κ2) is 7.06. The molecule has 0 N–H and O–H groups in total. The van der Waals surface area contributed by atoms with Gasteiger partial charge in [-0.05, 0) is 55.0 Å². The molecule has 20 heavy (non-hydrogen) atoms. The second-order valence-electron chi connectivity index (χ2n) is 4.21. The summed E-state index contributed by atoms with van der Waals surface area (Å²) in [7, 11) is 0. The van der Waals surface area contributed by atoms with Crippen LogP contribution in [0.2, 0.25) is 0 Å². The topological polar surface area (TPSA) is 26.3 Å². The number of ether oxygens (including phenoxy) is 1. The van der Waals surface area contributed by atoms with Crippen LogP contribution >= 0.6 is 15.9 Å². The maximum Gasteiger partial charge on any atom is 0.185 e. The molecule has 0 atom stereocenters. The summed E-state index contributed by atoms with van der Waals surface area (Å²) in [6.07, 6.45) is 3.39. The van der Waals surface area contributed by atoms with Gasteiger partial charge in [0.05, 0.1) is 6.61 Å². The SMILES string of the molecule is CCOc1ccc(C(=O)/C=C/c2cccc(Br)c2)cc1. The number of ketones is 1. The standard InChI is InChI=1S/C17H15BrO2/c1-2-20-16-9-7-14(8-10-16)17(19)11-6-13-4-3-5-15(18)12-13/h3-12H,2H2,1H3/b11-6+. The molecule has 0 aromatic heterocycles. The quantitative estimate of drug-likeness (QED) is 0.584. The number of hydrogen-bond acceptors (Lipinski definition) is 2. The molecule has 0 aliphatic carbocycles. The van der Waals surface area contributed by atoms with Gasteiger partial charge in [0.15, 0.2) is 5.78 Å². The van der Waals surface area contributed by atoms with Crippen LogP contribution in [0.4, 0.5) is 0 Å². The Balaban J connectivity index is 2.07. The van der Waals surface area contributed by atoms with E-state index in [1.807, 2.05) is 49.4 Å². The predicted molar refractivity (Wildman–Crippen MR) is 85.1 cm³/mol. The van der Waals surface area contributed by atoms with E-state index in [2.05, 4.69) is 15.9 Å². The molecule has 3 heteroatoms. The van der Waals surface area contributed by atoms with E-state index in [0.717, 1.165) is 15.8 Å². The van der Waals surface area contributed by atoms with Gasteiger partial charge in [0.2, 0.25) is 0 Å². The van der Waals surface area contributed by atoms with Crippen molar-refractivity contribution in [2.75, 3.05) is 6.61 Å². The number of carbonyl (C=O) groups is 1. The first-order valence-corrected chi connectivity index (χ1v) is 7.19. The number of carbonyl (C=O) groups excluding carboxylic acids is 1. The third-order valence-electron chi connectivity index (χ3n) is 2.73. The van der Waals surface area contributed by atoms with Gasteiger partial charge in [-0.25, -0.2) is 0 Å². The summed E-state index contributed by atoms with van der Waals surface area (Å²) >= 11 is 3.40. The number of benzene rings is 2. The van der Waals surface area contributed by atoms with Crippen molar-refractivity contribution in [1.82, 2.24) is 0 Å². The molecule has 0 radical (unpaired) electrons. The molecule has 0 bridgehead atoms. The van der Waals surface area contributed by atoms with Gasteiger partial charge in [0.1, 0.15) is 5.75 Å². The van der Waals surface area contributed by atoms with Crippen molar-refractivity contribution in [1.29, 1.82) is 0 Å². The van der Waals surface area contributed by atoms with Crippen molar-refractivity contribution < 1.29 is 9.53 Å². The van der Waals surface area contributed by atoms with Gasteiger partial charge in [0, 0.05) is 10.0 Å². The molecule has 2 aromatic rings. The molecule has 0 fully saturated rings. The average Bonchev–Trinajstić information content (AvgIpc) is 2.46. The highest BCUT2D eigenvalue weighted by molar-refractivity contribution is 9.10. The molecule has 102 valence electrons. The zero-order chi connectivity index (χ0) is 14.4. The molecular formula is C17H15BrO2. The maximum absolute atomic E-state index is 12.0. The van der Waals surface area contributed by atoms with Crippen LogP contribution in [-0.2, 0) is 0 Å². The lowest BCUT2D eigenvalue weighted by Gasteiger charge is -2.02. The zero-order valence-electron chi connectivity index (χ0n) is 11.2. The summed E-state index contributed by atoms with van der Waals surface area (Å²) in [6, 6.07) is 15.0. The van der Waals surface area contributed by atoms with Gasteiger partial charge in [-0.3, -0.25) is 4.79 Å². The molecule has 2 rings (SSSR count). The first-order valence-electron chi connectivity index (χ1n) is 6.40. The number of allylic oxidation sites excluding steroid dienone is 1. The van der Waals surface area contributed by atoms with Gasteiger partial charge >= 0.3 is 0 Å². The number of halogens is 1. The van der Waals surface area contributed by atoms with Gasteiger partial charge < -0.3 is 4.74 Å². The highest BCUT2D eigenvalue weighted by atomic mass is 79.9. The molecule has 0 unspecified atom stereocenters. The van der Waals surface area contributed by atoms with Crippen molar-refractivity contribution in [3.05, 3.63) is 70.2 Å². The van der Waals surface area contributed by atoms with Crippen LogP contribution in [-0.4, -0.2) is 12.4 Å². The fourth-order valence-electron chi connectivity index (χ4n) is 1.76. The van der Waals surface area contributed by atoms with Crippen molar-refractivity contribution in [2.24, 2.45) is 0 Å². The fraction of sp³-hybridized carbons (Fsp3) is 0.118. The minimum Gasteiger partial charge on any atom is -0.494 e. The van der Waals surface area contributed by atoms with Crippen LogP contribution < -0.4 is 4.74 Å². The highest BCUT2D eigenvalue weighted by Crippen LogP contribution is 2.15. The second-order valence-corrected chi connectivity index (χ2v) is 5.13. The van der Waals surface area contributed by atoms with Crippen LogP contribution in [0.15, 0.2) is 59.1 Å². The first kappa shape index (κ1) is 14.5. The van der Waals surface area contributed by atoms with Crippen molar-refractivity contribution >= 4 is 27.8 Å². The fourth-order valence-corrected chi connectivity index (χ4v) is 2.18. The van der Waals surface area contributed by atoms with Crippen LogP contribution in [0, 0.1) is 0 Å². The molecule has 0 aliphatic rings. The summed E-state index contributed by atoms with van der Waals surface area (Å²) < 4.78 is 6.34. The summed E-state index contributed by atoms with van der Waals surface area (Å²) in [4.78, 5) is 12.0. The van der Waals surface area contributed by atoms with E-state index in [1.54, 1.807) is 18.2 Å². The molecule has 2 aromatic carbocycles. The predicted octanol–water partition coefficient (Wildman–Crippen LogP) is 4.74. The molecular weight excluding hydrogens is 316 g/mol. The van der Waals surface area contributed by atoms with Crippen molar-refractivity contribution in [2.45, 2.75) is 6.92 Å². The van der Waals surface area contributed by atoms with E-state index in [9.17, 15) is 4.79 Å². The Bertz CT molecular complexity index is 615. The van der Waals surface area contributed by atoms with E-state index in [0.29, 0.717) is 12.2 Å². The Morgan fingerprint density at radius 2 is 1.95 bits per heavy atom. The first-order chi connectivity index (χ1) is 9.69. The largest absolute Gasteiger partial charge is 0.494 e. The molecule has 0 amide bonds. The Hall–Kier alpha value is -1.87. The highest BCUT2D eigenvalue weighted by Gasteiger charge is 2.02. The van der Waals surface area contributed by atoms with E-state index in [1.165, 1.54) is 0 Å². The molecule has 0 spiro atoms. The molecule has 0 saturated heterocycles. The summed E-state index contributed by atoms with van der Waals surface area (Å²) in [5, 5.41) is 0. The molecule has 0 aliphatic heterocycles. The van der Waals surface area contributed by atoms with Gasteiger partial charge in [0.25, 0.3) is 0 Å². The van der Waals surface area contributed by atoms with Gasteiger partial charge in [-0.2, -0.15) is 0 Å². The van der Waals surface area contributed by atoms with E-state index >= 15 is 0 Å². The Morgan fingerprint density at radius 3 is 2.60 bits per heavy atom. The summed E-state index contributed by atoms with van der Waals surface area (Å²) in [5.74, 6) is 0.757. The monoisotopic (exact) mass is 330 g/mol. The minimum absolute atomic E-state index is 0.0203. The van der Waals surface area contributed by atoms with Crippen LogP contribution in [0.1, 0.15) is 22.8 Å². The lowest BCUT2D eigenvalue weighted by molar-refractivity contribution is 0.104. The summed E-state index contributed by atoms with van der Waals surface area (Å²) in [5.41, 5.74) is 1.64. The average molecular weight is 331 g/mol. The minimum atomic E-state index is -0.0203. The maximum atomic E-state index is 12.0. The van der Waals surface area contributed by atoms with Crippen molar-refractivity contribution in [3.63, 3.8) is 0 Å². The number of rotatable bonds is 5. The van der Waals surface area contributed by atoms with Crippen LogP contribution in [0.25, 0.3) is 6.08 Å². The van der Waals surface area contributed by atoms with E-state index in [-0.39, 0.29) is 5.78 Å². The van der Waals surface area contributed by atoms with E-state index < -0.39 is 0 Å². The lowest BCUT2D eigenvalue weighted by Crippen LogP contribution is -1.95. The molecule has 0 heterocycles. The van der Waals surface area contributed by atoms with Crippen LogP contribution in [0.3, 0.4) is 0 Å². The van der Waals surface area contributed by atoms with Gasteiger partial charge in [-0.1, -0.05) is 34.1 Å². The normalized spacial score (nSPS) is 10.7. The molecule has 0 saturated carbocycles. The zero-order valence-corrected chi connectivity index (χ0v) is 12.8.